The number of hydrogen-bond acceptors (Lipinski definition) is 5. The smallest absolute Gasteiger partial charge is 0.324 e. The number of amides is 2. The molecule has 1 fully saturated rings. The van der Waals surface area contributed by atoms with Gasteiger partial charge in [0.05, 0.1) is 23.7 Å². The fourth-order valence-electron chi connectivity index (χ4n) is 3.16. The van der Waals surface area contributed by atoms with Crippen molar-refractivity contribution < 1.29 is 22.8 Å². The van der Waals surface area contributed by atoms with E-state index in [1.807, 2.05) is 0 Å². The summed E-state index contributed by atoms with van der Waals surface area (Å²) in [5, 5.41) is 7.23. The van der Waals surface area contributed by atoms with Crippen molar-refractivity contribution in [3.05, 3.63) is 40.4 Å². The van der Waals surface area contributed by atoms with E-state index in [9.17, 15) is 22.8 Å². The highest BCUT2D eigenvalue weighted by molar-refractivity contribution is 7.13. The number of carbonyl (C=O) groups excluding carboxylic acids is 2. The molecule has 1 saturated heterocycles. The van der Waals surface area contributed by atoms with Crippen LogP contribution in [-0.2, 0) is 15.8 Å². The van der Waals surface area contributed by atoms with Crippen LogP contribution in [0, 0.1) is 5.92 Å². The van der Waals surface area contributed by atoms with Crippen molar-refractivity contribution in [2.24, 2.45) is 5.92 Å². The van der Waals surface area contributed by atoms with Crippen LogP contribution in [0.15, 0.2) is 29.8 Å². The van der Waals surface area contributed by atoms with E-state index in [2.05, 4.69) is 15.6 Å². The molecule has 1 aliphatic rings. The third kappa shape index (κ3) is 5.91. The molecule has 0 spiro atoms. The molecule has 6 nitrogen and oxygen atoms in total. The van der Waals surface area contributed by atoms with Crippen LogP contribution < -0.4 is 10.6 Å². The Kier molecular flexibility index (Phi) is 6.76. The fourth-order valence-corrected chi connectivity index (χ4v) is 3.86. The van der Waals surface area contributed by atoms with Crippen molar-refractivity contribution in [2.75, 3.05) is 30.3 Å². The van der Waals surface area contributed by atoms with Crippen molar-refractivity contribution in [3.8, 4) is 0 Å². The van der Waals surface area contributed by atoms with Crippen molar-refractivity contribution in [1.82, 2.24) is 9.88 Å². The van der Waals surface area contributed by atoms with Crippen molar-refractivity contribution >= 4 is 45.6 Å². The SMILES string of the molecule is O=C(CN1CCCC(C(=O)Nc2nccs2)C1)Nc1ccc(Cl)cc1C(F)(F)F. The first-order valence-electron chi connectivity index (χ1n) is 8.81. The van der Waals surface area contributed by atoms with Crippen LogP contribution >= 0.6 is 22.9 Å². The van der Waals surface area contributed by atoms with Gasteiger partial charge in [0, 0.05) is 23.1 Å². The zero-order valence-corrected chi connectivity index (χ0v) is 16.7. The minimum absolute atomic E-state index is 0.0690. The highest BCUT2D eigenvalue weighted by Crippen LogP contribution is 2.36. The van der Waals surface area contributed by atoms with E-state index in [1.165, 1.54) is 17.4 Å². The molecule has 2 N–H and O–H groups in total. The second-order valence-corrected chi connectivity index (χ2v) is 7.97. The predicted molar refractivity (Wildman–Crippen MR) is 105 cm³/mol. The van der Waals surface area contributed by atoms with E-state index in [0.29, 0.717) is 31.1 Å². The molecule has 0 radical (unpaired) electrons. The number of benzene rings is 1. The number of halogens is 4. The summed E-state index contributed by atoms with van der Waals surface area (Å²) < 4.78 is 39.5. The van der Waals surface area contributed by atoms with Gasteiger partial charge < -0.3 is 10.6 Å². The normalized spacial score (nSPS) is 17.7. The van der Waals surface area contributed by atoms with Crippen molar-refractivity contribution in [2.45, 2.75) is 19.0 Å². The molecular formula is C18H18ClF3N4O2S. The van der Waals surface area contributed by atoms with E-state index in [0.717, 1.165) is 12.1 Å². The van der Waals surface area contributed by atoms with Gasteiger partial charge in [0.25, 0.3) is 0 Å². The Bertz CT molecular complexity index is 876. The number of likely N-dealkylation sites (tertiary alicyclic amines) is 1. The van der Waals surface area contributed by atoms with Gasteiger partial charge in [-0.05, 0) is 37.6 Å². The third-order valence-electron chi connectivity index (χ3n) is 4.47. The lowest BCUT2D eigenvalue weighted by Crippen LogP contribution is -2.44. The van der Waals surface area contributed by atoms with E-state index in [4.69, 9.17) is 11.6 Å². The number of piperidine rings is 1. The molecule has 3 rings (SSSR count). The third-order valence-corrected chi connectivity index (χ3v) is 5.39. The topological polar surface area (TPSA) is 74.3 Å². The number of alkyl halides is 3. The van der Waals surface area contributed by atoms with E-state index < -0.39 is 17.6 Å². The van der Waals surface area contributed by atoms with Crippen molar-refractivity contribution in [1.29, 1.82) is 0 Å². The van der Waals surface area contributed by atoms with E-state index in [1.54, 1.807) is 16.5 Å². The number of aromatic nitrogens is 1. The van der Waals surface area contributed by atoms with Crippen LogP contribution in [0.2, 0.25) is 5.02 Å². The molecule has 11 heteroatoms. The summed E-state index contributed by atoms with van der Waals surface area (Å²) in [5.74, 6) is -1.08. The minimum Gasteiger partial charge on any atom is -0.324 e. The van der Waals surface area contributed by atoms with Crippen LogP contribution in [0.25, 0.3) is 0 Å². The largest absolute Gasteiger partial charge is 0.418 e. The quantitative estimate of drug-likeness (QED) is 0.725. The summed E-state index contributed by atoms with van der Waals surface area (Å²) in [4.78, 5) is 30.4. The standard InChI is InChI=1S/C18H18ClF3N4O2S/c19-12-3-4-14(13(8-12)18(20,21)22)24-15(27)10-26-6-1-2-11(9-26)16(28)25-17-23-5-7-29-17/h3-5,7-8,11H,1-2,6,9-10H2,(H,24,27)(H,23,25,28). The molecule has 1 atom stereocenters. The highest BCUT2D eigenvalue weighted by atomic mass is 35.5. The second kappa shape index (κ2) is 9.10. The number of carbonyl (C=O) groups is 2. The molecular weight excluding hydrogens is 429 g/mol. The summed E-state index contributed by atoms with van der Waals surface area (Å²) in [6.45, 7) is 0.819. The summed E-state index contributed by atoms with van der Waals surface area (Å²) in [6.07, 6.45) is -1.68. The number of rotatable bonds is 5. The van der Waals surface area contributed by atoms with Gasteiger partial charge in [0.15, 0.2) is 5.13 Å². The maximum Gasteiger partial charge on any atom is 0.418 e. The van der Waals surface area contributed by atoms with Crippen LogP contribution in [0.4, 0.5) is 24.0 Å². The number of anilines is 2. The molecule has 1 unspecified atom stereocenters. The average Bonchev–Trinajstić information content (AvgIpc) is 3.15. The Morgan fingerprint density at radius 2 is 2.10 bits per heavy atom. The van der Waals surface area contributed by atoms with Gasteiger partial charge in [0.1, 0.15) is 0 Å². The zero-order chi connectivity index (χ0) is 21.0. The molecule has 2 heterocycles. The number of nitrogens with zero attached hydrogens (tertiary/aromatic N) is 2. The summed E-state index contributed by atoms with van der Waals surface area (Å²) in [5.41, 5.74) is -1.35. The Labute approximate surface area is 174 Å². The molecule has 2 aromatic rings. The first kappa shape index (κ1) is 21.5. The first-order chi connectivity index (χ1) is 13.7. The van der Waals surface area contributed by atoms with Crippen LogP contribution in [0.5, 0.6) is 0 Å². The van der Waals surface area contributed by atoms with Gasteiger partial charge in [-0.15, -0.1) is 11.3 Å². The molecule has 0 bridgehead atoms. The first-order valence-corrected chi connectivity index (χ1v) is 10.1. The molecule has 0 saturated carbocycles. The van der Waals surface area contributed by atoms with Crippen LogP contribution in [0.3, 0.4) is 0 Å². The fraction of sp³-hybridized carbons (Fsp3) is 0.389. The molecule has 156 valence electrons. The molecule has 1 aromatic carbocycles. The average molecular weight is 447 g/mol. The number of nitrogens with one attached hydrogen (secondary N) is 2. The van der Waals surface area contributed by atoms with Gasteiger partial charge in [-0.1, -0.05) is 11.6 Å². The number of hydrogen-bond donors (Lipinski definition) is 2. The number of thiazole rings is 1. The lowest BCUT2D eigenvalue weighted by molar-refractivity contribution is -0.137. The molecule has 29 heavy (non-hydrogen) atoms. The molecule has 2 amide bonds. The maximum absolute atomic E-state index is 13.2. The summed E-state index contributed by atoms with van der Waals surface area (Å²) >= 11 is 6.96. The summed E-state index contributed by atoms with van der Waals surface area (Å²) in [7, 11) is 0. The molecule has 0 aliphatic carbocycles. The Morgan fingerprint density at radius 1 is 1.31 bits per heavy atom. The Balaban J connectivity index is 1.59. The lowest BCUT2D eigenvalue weighted by atomic mass is 9.97. The van der Waals surface area contributed by atoms with Gasteiger partial charge >= 0.3 is 6.18 Å². The summed E-state index contributed by atoms with van der Waals surface area (Å²) in [6, 6.07) is 3.19. The predicted octanol–water partition coefficient (Wildman–Crippen LogP) is 4.10. The van der Waals surface area contributed by atoms with Crippen LogP contribution in [0.1, 0.15) is 18.4 Å². The van der Waals surface area contributed by atoms with E-state index >= 15 is 0 Å². The van der Waals surface area contributed by atoms with Gasteiger partial charge in [-0.3, -0.25) is 14.5 Å². The second-order valence-electron chi connectivity index (χ2n) is 6.64. The molecule has 1 aromatic heterocycles. The van der Waals surface area contributed by atoms with Gasteiger partial charge in [-0.2, -0.15) is 13.2 Å². The maximum atomic E-state index is 13.2. The Morgan fingerprint density at radius 3 is 2.79 bits per heavy atom. The van der Waals surface area contributed by atoms with Crippen molar-refractivity contribution in [3.63, 3.8) is 0 Å². The highest BCUT2D eigenvalue weighted by Gasteiger charge is 2.34. The lowest BCUT2D eigenvalue weighted by Gasteiger charge is -2.31. The minimum atomic E-state index is -4.64. The Hall–Kier alpha value is -2.17. The van der Waals surface area contributed by atoms with Gasteiger partial charge in [-0.25, -0.2) is 4.98 Å². The van der Waals surface area contributed by atoms with Crippen LogP contribution in [-0.4, -0.2) is 41.3 Å². The van der Waals surface area contributed by atoms with E-state index in [-0.39, 0.29) is 29.1 Å². The molecule has 1 aliphatic heterocycles. The zero-order valence-electron chi connectivity index (χ0n) is 15.1. The monoisotopic (exact) mass is 446 g/mol. The van der Waals surface area contributed by atoms with Gasteiger partial charge in [0.2, 0.25) is 11.8 Å².